The van der Waals surface area contributed by atoms with Gasteiger partial charge in [-0.25, -0.2) is 0 Å². The molecular formula is C10H20N2. The number of nitrogens with one attached hydrogen (secondary N) is 1. The van der Waals surface area contributed by atoms with Crippen LogP contribution in [0.2, 0.25) is 0 Å². The quantitative estimate of drug-likeness (QED) is 0.667. The van der Waals surface area contributed by atoms with Crippen LogP contribution in [0.3, 0.4) is 0 Å². The minimum Gasteiger partial charge on any atom is -0.314 e. The fourth-order valence-electron chi connectivity index (χ4n) is 2.35. The zero-order valence-corrected chi connectivity index (χ0v) is 8.05. The average Bonchev–Trinajstić information content (AvgIpc) is 2.02. The van der Waals surface area contributed by atoms with Crippen LogP contribution < -0.4 is 5.32 Å². The molecule has 1 unspecified atom stereocenters. The van der Waals surface area contributed by atoms with Gasteiger partial charge in [0, 0.05) is 31.7 Å². The highest BCUT2D eigenvalue weighted by atomic mass is 15.2. The smallest absolute Gasteiger partial charge is 0.0221 e. The highest BCUT2D eigenvalue weighted by molar-refractivity contribution is 4.88. The molecule has 1 saturated carbocycles. The third kappa shape index (κ3) is 1.50. The second kappa shape index (κ2) is 3.75. The molecule has 0 radical (unpaired) electrons. The van der Waals surface area contributed by atoms with E-state index in [9.17, 15) is 0 Å². The van der Waals surface area contributed by atoms with E-state index in [-0.39, 0.29) is 0 Å². The Bertz CT molecular complexity index is 143. The van der Waals surface area contributed by atoms with Gasteiger partial charge in [0.1, 0.15) is 0 Å². The first kappa shape index (κ1) is 8.52. The van der Waals surface area contributed by atoms with E-state index in [0.717, 1.165) is 12.1 Å². The molecule has 2 heteroatoms. The van der Waals surface area contributed by atoms with Crippen LogP contribution in [0.1, 0.15) is 32.6 Å². The van der Waals surface area contributed by atoms with Gasteiger partial charge < -0.3 is 5.32 Å². The first-order chi connectivity index (χ1) is 5.92. The predicted molar refractivity (Wildman–Crippen MR) is 51.3 cm³/mol. The van der Waals surface area contributed by atoms with Gasteiger partial charge in [-0.3, -0.25) is 4.90 Å². The van der Waals surface area contributed by atoms with Crippen LogP contribution in [0.25, 0.3) is 0 Å². The Labute approximate surface area is 75.3 Å². The molecule has 1 saturated heterocycles. The maximum atomic E-state index is 3.48. The third-order valence-electron chi connectivity index (χ3n) is 3.41. The van der Waals surface area contributed by atoms with E-state index in [2.05, 4.69) is 17.1 Å². The lowest BCUT2D eigenvalue weighted by Crippen LogP contribution is -2.56. The lowest BCUT2D eigenvalue weighted by molar-refractivity contribution is 0.0588. The van der Waals surface area contributed by atoms with Gasteiger partial charge in [0.15, 0.2) is 0 Å². The van der Waals surface area contributed by atoms with Gasteiger partial charge in [-0.05, 0) is 19.3 Å². The summed E-state index contributed by atoms with van der Waals surface area (Å²) in [5.41, 5.74) is 0. The van der Waals surface area contributed by atoms with Crippen LogP contribution in [-0.4, -0.2) is 36.6 Å². The molecular weight excluding hydrogens is 148 g/mol. The van der Waals surface area contributed by atoms with Crippen molar-refractivity contribution in [3.05, 3.63) is 0 Å². The molecule has 1 N–H and O–H groups in total. The van der Waals surface area contributed by atoms with Gasteiger partial charge in [-0.2, -0.15) is 0 Å². The van der Waals surface area contributed by atoms with E-state index in [4.69, 9.17) is 0 Å². The fraction of sp³-hybridized carbons (Fsp3) is 1.00. The van der Waals surface area contributed by atoms with Gasteiger partial charge in [0.05, 0.1) is 0 Å². The molecule has 0 aromatic heterocycles. The van der Waals surface area contributed by atoms with Gasteiger partial charge in [0.25, 0.3) is 0 Å². The van der Waals surface area contributed by atoms with Crippen molar-refractivity contribution in [1.29, 1.82) is 0 Å². The summed E-state index contributed by atoms with van der Waals surface area (Å²) in [6, 6.07) is 1.76. The Morgan fingerprint density at radius 1 is 1.42 bits per heavy atom. The summed E-state index contributed by atoms with van der Waals surface area (Å²) in [6.07, 6.45) is 5.68. The van der Waals surface area contributed by atoms with Crippen LogP contribution in [0.15, 0.2) is 0 Å². The zero-order valence-electron chi connectivity index (χ0n) is 8.05. The molecule has 1 heterocycles. The molecule has 1 aliphatic carbocycles. The number of hydrogen-bond donors (Lipinski definition) is 1. The van der Waals surface area contributed by atoms with Crippen LogP contribution in [0.5, 0.6) is 0 Å². The van der Waals surface area contributed by atoms with E-state index < -0.39 is 0 Å². The molecule has 1 atom stereocenters. The Balaban J connectivity index is 1.90. The first-order valence-corrected chi connectivity index (χ1v) is 5.38. The summed E-state index contributed by atoms with van der Waals surface area (Å²) < 4.78 is 0. The van der Waals surface area contributed by atoms with Crippen molar-refractivity contribution in [3.63, 3.8) is 0 Å². The van der Waals surface area contributed by atoms with Crippen LogP contribution in [-0.2, 0) is 0 Å². The summed E-state index contributed by atoms with van der Waals surface area (Å²) in [5, 5.41) is 3.48. The molecule has 0 aromatic carbocycles. The van der Waals surface area contributed by atoms with Gasteiger partial charge in [-0.15, -0.1) is 0 Å². The standard InChI is InChI=1S/C10H20N2/c1-2-9-8-11-6-7-12(9)10-4-3-5-10/h9-11H,2-8H2,1H3. The molecule has 2 fully saturated rings. The monoisotopic (exact) mass is 168 g/mol. The highest BCUT2D eigenvalue weighted by Crippen LogP contribution is 2.27. The van der Waals surface area contributed by atoms with Crippen molar-refractivity contribution in [2.75, 3.05) is 19.6 Å². The Morgan fingerprint density at radius 2 is 2.25 bits per heavy atom. The van der Waals surface area contributed by atoms with Crippen molar-refractivity contribution in [3.8, 4) is 0 Å². The number of rotatable bonds is 2. The summed E-state index contributed by atoms with van der Waals surface area (Å²) in [4.78, 5) is 2.74. The highest BCUT2D eigenvalue weighted by Gasteiger charge is 2.30. The van der Waals surface area contributed by atoms with E-state index in [1.54, 1.807) is 0 Å². The van der Waals surface area contributed by atoms with E-state index in [1.807, 2.05) is 0 Å². The van der Waals surface area contributed by atoms with Gasteiger partial charge in [-0.1, -0.05) is 13.3 Å². The first-order valence-electron chi connectivity index (χ1n) is 5.38. The molecule has 0 bridgehead atoms. The number of hydrogen-bond acceptors (Lipinski definition) is 2. The Hall–Kier alpha value is -0.0800. The maximum absolute atomic E-state index is 3.48. The average molecular weight is 168 g/mol. The number of nitrogens with zero attached hydrogens (tertiary/aromatic N) is 1. The van der Waals surface area contributed by atoms with Crippen molar-refractivity contribution < 1.29 is 0 Å². The molecule has 0 aromatic rings. The lowest BCUT2D eigenvalue weighted by atomic mass is 9.89. The SMILES string of the molecule is CCC1CNCCN1C1CCC1. The topological polar surface area (TPSA) is 15.3 Å². The van der Waals surface area contributed by atoms with Crippen molar-refractivity contribution in [2.24, 2.45) is 0 Å². The summed E-state index contributed by atoms with van der Waals surface area (Å²) >= 11 is 0. The van der Waals surface area contributed by atoms with Crippen molar-refractivity contribution >= 4 is 0 Å². The summed E-state index contributed by atoms with van der Waals surface area (Å²) in [5.74, 6) is 0. The lowest BCUT2D eigenvalue weighted by Gasteiger charge is -2.45. The Morgan fingerprint density at radius 3 is 2.83 bits per heavy atom. The largest absolute Gasteiger partial charge is 0.314 e. The minimum atomic E-state index is 0.823. The van der Waals surface area contributed by atoms with E-state index in [1.165, 1.54) is 45.3 Å². The molecule has 2 rings (SSSR count). The number of piperazine rings is 1. The van der Waals surface area contributed by atoms with Crippen LogP contribution >= 0.6 is 0 Å². The second-order valence-corrected chi connectivity index (χ2v) is 4.09. The molecule has 70 valence electrons. The fourth-order valence-corrected chi connectivity index (χ4v) is 2.35. The van der Waals surface area contributed by atoms with E-state index in [0.29, 0.717) is 0 Å². The molecule has 0 amide bonds. The van der Waals surface area contributed by atoms with Crippen molar-refractivity contribution in [2.45, 2.75) is 44.7 Å². The van der Waals surface area contributed by atoms with Crippen molar-refractivity contribution in [1.82, 2.24) is 10.2 Å². The third-order valence-corrected chi connectivity index (χ3v) is 3.41. The normalized spacial score (nSPS) is 33.2. The Kier molecular flexibility index (Phi) is 2.66. The van der Waals surface area contributed by atoms with Gasteiger partial charge >= 0.3 is 0 Å². The predicted octanol–water partition coefficient (Wildman–Crippen LogP) is 1.22. The molecule has 2 nitrogen and oxygen atoms in total. The molecule has 2 aliphatic rings. The summed E-state index contributed by atoms with van der Waals surface area (Å²) in [7, 11) is 0. The van der Waals surface area contributed by atoms with Crippen LogP contribution in [0, 0.1) is 0 Å². The minimum absolute atomic E-state index is 0.823. The summed E-state index contributed by atoms with van der Waals surface area (Å²) in [6.45, 7) is 6.01. The molecule has 1 aliphatic heterocycles. The van der Waals surface area contributed by atoms with Gasteiger partial charge in [0.2, 0.25) is 0 Å². The second-order valence-electron chi connectivity index (χ2n) is 4.09. The molecule has 0 spiro atoms. The zero-order chi connectivity index (χ0) is 8.39. The van der Waals surface area contributed by atoms with Crippen LogP contribution in [0.4, 0.5) is 0 Å². The van der Waals surface area contributed by atoms with E-state index >= 15 is 0 Å². The molecule has 12 heavy (non-hydrogen) atoms. The maximum Gasteiger partial charge on any atom is 0.0221 e.